The fourth-order valence-corrected chi connectivity index (χ4v) is 4.64. The van der Waals surface area contributed by atoms with Crippen molar-refractivity contribution in [2.24, 2.45) is 5.41 Å². The Morgan fingerprint density at radius 3 is 2.45 bits per heavy atom. The van der Waals surface area contributed by atoms with Crippen molar-refractivity contribution < 1.29 is 23.8 Å². The monoisotopic (exact) mass is 547 g/mol. The highest BCUT2D eigenvalue weighted by Crippen LogP contribution is 2.39. The van der Waals surface area contributed by atoms with E-state index in [0.717, 1.165) is 12.8 Å². The van der Waals surface area contributed by atoms with E-state index in [0.29, 0.717) is 46.6 Å². The fourth-order valence-electron chi connectivity index (χ4n) is 4.37. The van der Waals surface area contributed by atoms with Crippen molar-refractivity contribution in [1.29, 1.82) is 0 Å². The van der Waals surface area contributed by atoms with E-state index in [1.165, 1.54) is 13.3 Å². The number of halogens is 1. The van der Waals surface area contributed by atoms with Gasteiger partial charge < -0.3 is 24.4 Å². The van der Waals surface area contributed by atoms with Crippen LogP contribution in [-0.2, 0) is 9.47 Å². The van der Waals surface area contributed by atoms with E-state index in [1.807, 2.05) is 39.5 Å². The molecule has 11 heteroatoms. The van der Waals surface area contributed by atoms with Crippen LogP contribution >= 0.6 is 11.6 Å². The number of ether oxygens (including phenoxy) is 3. The number of rotatable bonds is 7. The molecule has 0 aromatic carbocycles. The van der Waals surface area contributed by atoms with Crippen LogP contribution in [0.2, 0.25) is 5.02 Å². The highest BCUT2D eigenvalue weighted by molar-refractivity contribution is 6.34. The van der Waals surface area contributed by atoms with Gasteiger partial charge in [-0.1, -0.05) is 18.5 Å². The summed E-state index contributed by atoms with van der Waals surface area (Å²) in [5, 5.41) is 3.32. The van der Waals surface area contributed by atoms with Crippen molar-refractivity contribution in [3.8, 4) is 17.0 Å². The number of alkyl carbamates (subject to hydrolysis) is 1. The van der Waals surface area contributed by atoms with E-state index < -0.39 is 17.7 Å². The number of esters is 1. The van der Waals surface area contributed by atoms with Crippen LogP contribution in [0.15, 0.2) is 12.4 Å². The fraction of sp³-hybridized carbons (Fsp3) is 0.593. The third-order valence-electron chi connectivity index (χ3n) is 6.83. The van der Waals surface area contributed by atoms with Gasteiger partial charge in [-0.2, -0.15) is 0 Å². The van der Waals surface area contributed by atoms with Crippen LogP contribution in [0, 0.1) is 12.3 Å². The molecular formula is C27H38ClN5O5. The largest absolute Gasteiger partial charge is 0.494 e. The molecule has 1 unspecified atom stereocenters. The Hall–Kier alpha value is -3.14. The molecule has 1 aliphatic heterocycles. The lowest BCUT2D eigenvalue weighted by molar-refractivity contribution is 0.0439. The zero-order valence-corrected chi connectivity index (χ0v) is 24.2. The van der Waals surface area contributed by atoms with Gasteiger partial charge in [0.1, 0.15) is 5.60 Å². The normalized spacial score (nSPS) is 16.0. The molecule has 208 valence electrons. The molecule has 3 rings (SSSR count). The highest BCUT2D eigenvalue weighted by atomic mass is 35.5. The molecule has 3 heterocycles. The summed E-state index contributed by atoms with van der Waals surface area (Å²) in [6.45, 7) is 14.7. The minimum absolute atomic E-state index is 0.109. The molecule has 10 nitrogen and oxygen atoms in total. The van der Waals surface area contributed by atoms with Crippen molar-refractivity contribution in [2.45, 2.75) is 73.0 Å². The van der Waals surface area contributed by atoms with Crippen molar-refractivity contribution in [3.05, 3.63) is 28.8 Å². The minimum atomic E-state index is -0.564. The second-order valence-electron chi connectivity index (χ2n) is 10.8. The Morgan fingerprint density at radius 2 is 1.87 bits per heavy atom. The van der Waals surface area contributed by atoms with Gasteiger partial charge in [-0.15, -0.1) is 0 Å². The standard InChI is InChI=1S/C27H38ClN5O5/c1-9-37-24(34)22-23(30-16(2)21(32-22)18-14-29-15-19(36-8)20(18)28)33-12-10-27(7,11-13-33)17(3)31-25(35)38-26(4,5)6/h14-15,17H,9-13H2,1-8H3,(H,31,35). The van der Waals surface area contributed by atoms with E-state index >= 15 is 0 Å². The topological polar surface area (TPSA) is 116 Å². The summed E-state index contributed by atoms with van der Waals surface area (Å²) in [5.41, 5.74) is 0.935. The van der Waals surface area contributed by atoms with Gasteiger partial charge in [0, 0.05) is 30.9 Å². The molecule has 38 heavy (non-hydrogen) atoms. The van der Waals surface area contributed by atoms with Crippen LogP contribution in [0.3, 0.4) is 0 Å². The predicted octanol–water partition coefficient (Wildman–Crippen LogP) is 5.21. The number of hydrogen-bond donors (Lipinski definition) is 1. The quantitative estimate of drug-likeness (QED) is 0.466. The first-order chi connectivity index (χ1) is 17.8. The van der Waals surface area contributed by atoms with Crippen LogP contribution in [0.1, 0.15) is 70.6 Å². The zero-order chi connectivity index (χ0) is 28.3. The molecule has 0 saturated carbocycles. The molecular weight excluding hydrogens is 510 g/mol. The molecule has 1 atom stereocenters. The maximum Gasteiger partial charge on any atom is 0.407 e. The summed E-state index contributed by atoms with van der Waals surface area (Å²) in [6.07, 6.45) is 4.18. The van der Waals surface area contributed by atoms with Gasteiger partial charge in [-0.25, -0.2) is 19.6 Å². The zero-order valence-electron chi connectivity index (χ0n) is 23.5. The van der Waals surface area contributed by atoms with E-state index in [4.69, 9.17) is 30.8 Å². The lowest BCUT2D eigenvalue weighted by atomic mass is 9.74. The molecule has 2 aromatic heterocycles. The van der Waals surface area contributed by atoms with Gasteiger partial charge >= 0.3 is 12.1 Å². The Morgan fingerprint density at radius 1 is 1.21 bits per heavy atom. The lowest BCUT2D eigenvalue weighted by Crippen LogP contribution is -2.51. The number of amides is 1. The maximum atomic E-state index is 13.0. The van der Waals surface area contributed by atoms with Crippen molar-refractivity contribution in [1.82, 2.24) is 20.3 Å². The SMILES string of the molecule is CCOC(=O)c1nc(-c2cncc(OC)c2Cl)c(C)nc1N1CCC(C)(C(C)NC(=O)OC(C)(C)C)CC1. The van der Waals surface area contributed by atoms with Gasteiger partial charge in [0.15, 0.2) is 17.3 Å². The van der Waals surface area contributed by atoms with Crippen LogP contribution < -0.4 is 15.0 Å². The van der Waals surface area contributed by atoms with Gasteiger partial charge in [-0.05, 0) is 59.8 Å². The van der Waals surface area contributed by atoms with E-state index in [1.54, 1.807) is 13.1 Å². The van der Waals surface area contributed by atoms with Gasteiger partial charge in [0.2, 0.25) is 0 Å². The molecule has 2 aromatic rings. The van der Waals surface area contributed by atoms with Crippen molar-refractivity contribution in [2.75, 3.05) is 31.7 Å². The molecule has 0 bridgehead atoms. The second-order valence-corrected chi connectivity index (χ2v) is 11.1. The van der Waals surface area contributed by atoms with Crippen LogP contribution in [0.4, 0.5) is 10.6 Å². The number of nitrogens with zero attached hydrogens (tertiary/aromatic N) is 4. The molecule has 0 radical (unpaired) electrons. The van der Waals surface area contributed by atoms with E-state index in [-0.39, 0.29) is 23.8 Å². The summed E-state index contributed by atoms with van der Waals surface area (Å²) in [7, 11) is 1.51. The number of pyridine rings is 1. The first-order valence-corrected chi connectivity index (χ1v) is 13.2. The smallest absolute Gasteiger partial charge is 0.407 e. The molecule has 0 aliphatic carbocycles. The van der Waals surface area contributed by atoms with Crippen molar-refractivity contribution >= 4 is 29.5 Å². The number of carbonyl (C=O) groups excluding carboxylic acids is 2. The Balaban J connectivity index is 1.88. The molecule has 1 amide bonds. The number of piperidine rings is 1. The summed E-state index contributed by atoms with van der Waals surface area (Å²) in [4.78, 5) is 41.0. The second kappa shape index (κ2) is 11.7. The van der Waals surface area contributed by atoms with Crippen molar-refractivity contribution in [3.63, 3.8) is 0 Å². The Kier molecular flexibility index (Phi) is 9.07. The number of carbonyl (C=O) groups is 2. The molecule has 1 N–H and O–H groups in total. The van der Waals surface area contributed by atoms with E-state index in [2.05, 4.69) is 22.2 Å². The molecule has 1 aliphatic rings. The first-order valence-electron chi connectivity index (χ1n) is 12.8. The minimum Gasteiger partial charge on any atom is -0.494 e. The summed E-state index contributed by atoms with van der Waals surface area (Å²) >= 11 is 6.53. The number of methoxy groups -OCH3 is 1. The number of aryl methyl sites for hydroxylation is 1. The highest BCUT2D eigenvalue weighted by Gasteiger charge is 2.38. The van der Waals surface area contributed by atoms with Crippen LogP contribution in [0.5, 0.6) is 5.75 Å². The third kappa shape index (κ3) is 6.64. The van der Waals surface area contributed by atoms with Gasteiger partial charge in [0.25, 0.3) is 0 Å². The average Bonchev–Trinajstić information content (AvgIpc) is 2.83. The lowest BCUT2D eigenvalue weighted by Gasteiger charge is -2.44. The number of aromatic nitrogens is 3. The van der Waals surface area contributed by atoms with Crippen LogP contribution in [-0.4, -0.2) is 65.5 Å². The summed E-state index contributed by atoms with van der Waals surface area (Å²) in [5.74, 6) is 0.305. The molecule has 0 spiro atoms. The molecule has 1 saturated heterocycles. The average molecular weight is 548 g/mol. The Labute approximate surface area is 229 Å². The van der Waals surface area contributed by atoms with E-state index in [9.17, 15) is 9.59 Å². The number of nitrogens with one attached hydrogen (secondary N) is 1. The third-order valence-corrected chi connectivity index (χ3v) is 7.22. The summed E-state index contributed by atoms with van der Waals surface area (Å²) in [6, 6.07) is -0.109. The van der Waals surface area contributed by atoms with Gasteiger partial charge in [0.05, 0.1) is 36.3 Å². The number of hydrogen-bond acceptors (Lipinski definition) is 9. The predicted molar refractivity (Wildman–Crippen MR) is 146 cm³/mol. The number of anilines is 1. The first kappa shape index (κ1) is 29.4. The molecule has 1 fully saturated rings. The summed E-state index contributed by atoms with van der Waals surface area (Å²) < 4.78 is 16.0. The van der Waals surface area contributed by atoms with Crippen LogP contribution in [0.25, 0.3) is 11.3 Å². The maximum absolute atomic E-state index is 13.0. The Bertz CT molecular complexity index is 1180. The van der Waals surface area contributed by atoms with Gasteiger partial charge in [-0.3, -0.25) is 4.98 Å².